The lowest BCUT2D eigenvalue weighted by Gasteiger charge is -2.31. The summed E-state index contributed by atoms with van der Waals surface area (Å²) in [7, 11) is 0. The van der Waals surface area contributed by atoms with Gasteiger partial charge in [0.1, 0.15) is 5.70 Å². The van der Waals surface area contributed by atoms with Crippen LogP contribution in [0.2, 0.25) is 5.02 Å². The molecule has 0 saturated heterocycles. The number of fused-ring (bicyclic) bond motifs is 1. The van der Waals surface area contributed by atoms with E-state index in [2.05, 4.69) is 17.0 Å². The van der Waals surface area contributed by atoms with E-state index in [1.807, 2.05) is 50.2 Å². The molecule has 0 spiro atoms. The zero-order valence-electron chi connectivity index (χ0n) is 18.1. The van der Waals surface area contributed by atoms with Crippen LogP contribution >= 0.6 is 11.6 Å². The molecule has 0 aromatic heterocycles. The van der Waals surface area contributed by atoms with Gasteiger partial charge >= 0.3 is 0 Å². The van der Waals surface area contributed by atoms with Crippen molar-refractivity contribution >= 4 is 34.7 Å². The third kappa shape index (κ3) is 3.32. The van der Waals surface area contributed by atoms with E-state index in [1.165, 1.54) is 16.0 Å². The second kappa shape index (κ2) is 7.95. The minimum atomic E-state index is -0.307. The average molecular weight is 443 g/mol. The van der Waals surface area contributed by atoms with Crippen LogP contribution in [-0.4, -0.2) is 23.3 Å². The van der Waals surface area contributed by atoms with Crippen LogP contribution in [-0.2, 0) is 22.6 Å². The Morgan fingerprint density at radius 3 is 2.28 bits per heavy atom. The maximum absolute atomic E-state index is 13.8. The van der Waals surface area contributed by atoms with Crippen LogP contribution in [0.25, 0.3) is 5.57 Å². The molecule has 0 atom stereocenters. The molecule has 5 heteroatoms. The van der Waals surface area contributed by atoms with Crippen LogP contribution in [0.15, 0.2) is 72.4 Å². The highest BCUT2D eigenvalue weighted by Gasteiger charge is 2.43. The number of imide groups is 1. The van der Waals surface area contributed by atoms with Crippen molar-refractivity contribution in [3.8, 4) is 0 Å². The fourth-order valence-electron chi connectivity index (χ4n) is 4.54. The monoisotopic (exact) mass is 442 g/mol. The van der Waals surface area contributed by atoms with Crippen LogP contribution in [0.3, 0.4) is 0 Å². The minimum absolute atomic E-state index is 0.296. The molecule has 3 aromatic carbocycles. The summed E-state index contributed by atoms with van der Waals surface area (Å²) in [6, 6.07) is 21.4. The maximum Gasteiger partial charge on any atom is 0.282 e. The summed E-state index contributed by atoms with van der Waals surface area (Å²) in [5.41, 5.74) is 6.50. The van der Waals surface area contributed by atoms with Crippen LogP contribution in [0.4, 0.5) is 5.69 Å². The molecule has 0 radical (unpaired) electrons. The Bertz CT molecular complexity index is 1280. The van der Waals surface area contributed by atoms with Gasteiger partial charge in [-0.3, -0.25) is 9.59 Å². The molecule has 32 heavy (non-hydrogen) atoms. The van der Waals surface area contributed by atoms with Gasteiger partial charge in [0.15, 0.2) is 0 Å². The topological polar surface area (TPSA) is 40.6 Å². The van der Waals surface area contributed by atoms with Gasteiger partial charge in [-0.05, 0) is 54.7 Å². The summed E-state index contributed by atoms with van der Waals surface area (Å²) in [4.78, 5) is 30.9. The van der Waals surface area contributed by atoms with Crippen molar-refractivity contribution < 1.29 is 9.59 Å². The van der Waals surface area contributed by atoms with Gasteiger partial charge in [0.05, 0.1) is 11.3 Å². The van der Waals surface area contributed by atoms with E-state index in [4.69, 9.17) is 11.6 Å². The Morgan fingerprint density at radius 1 is 0.812 bits per heavy atom. The molecule has 0 aliphatic carbocycles. The number of benzene rings is 3. The summed E-state index contributed by atoms with van der Waals surface area (Å²) in [5, 5.41) is 0.528. The summed E-state index contributed by atoms with van der Waals surface area (Å²) >= 11 is 6.33. The maximum atomic E-state index is 13.8. The minimum Gasteiger partial charge on any atom is -0.362 e. The Labute approximate surface area is 192 Å². The molecule has 5 rings (SSSR count). The van der Waals surface area contributed by atoms with E-state index in [9.17, 15) is 9.59 Å². The predicted molar refractivity (Wildman–Crippen MR) is 127 cm³/mol. The van der Waals surface area contributed by atoms with Gasteiger partial charge in [-0.25, -0.2) is 4.90 Å². The second-order valence-electron chi connectivity index (χ2n) is 8.36. The van der Waals surface area contributed by atoms with E-state index < -0.39 is 0 Å². The number of hydrogen-bond donors (Lipinski definition) is 0. The number of anilines is 1. The lowest BCUT2D eigenvalue weighted by atomic mass is 9.97. The first-order chi connectivity index (χ1) is 15.5. The highest BCUT2D eigenvalue weighted by Crippen LogP contribution is 2.38. The van der Waals surface area contributed by atoms with Gasteiger partial charge in [0.2, 0.25) is 0 Å². The zero-order chi connectivity index (χ0) is 22.4. The molecule has 0 bridgehead atoms. The van der Waals surface area contributed by atoms with Gasteiger partial charge in [-0.2, -0.15) is 0 Å². The second-order valence-corrected chi connectivity index (χ2v) is 8.77. The lowest BCUT2D eigenvalue weighted by Crippen LogP contribution is -2.37. The molecule has 4 nitrogen and oxygen atoms in total. The van der Waals surface area contributed by atoms with Crippen LogP contribution in [0.1, 0.15) is 27.8 Å². The van der Waals surface area contributed by atoms with Gasteiger partial charge in [-0.15, -0.1) is 0 Å². The normalized spacial score (nSPS) is 16.1. The molecule has 0 fully saturated rings. The van der Waals surface area contributed by atoms with E-state index in [0.29, 0.717) is 40.6 Å². The number of nitrogens with zero attached hydrogens (tertiary/aromatic N) is 2. The fourth-order valence-corrected chi connectivity index (χ4v) is 4.71. The lowest BCUT2D eigenvalue weighted by molar-refractivity contribution is -0.120. The van der Waals surface area contributed by atoms with Gasteiger partial charge in [0.25, 0.3) is 11.8 Å². The van der Waals surface area contributed by atoms with Crippen molar-refractivity contribution in [2.24, 2.45) is 0 Å². The van der Waals surface area contributed by atoms with Gasteiger partial charge in [-0.1, -0.05) is 71.8 Å². The van der Waals surface area contributed by atoms with Crippen molar-refractivity contribution in [1.29, 1.82) is 0 Å². The number of hydrogen-bond acceptors (Lipinski definition) is 3. The Morgan fingerprint density at radius 2 is 1.53 bits per heavy atom. The fraction of sp³-hybridized carbons (Fsp3) is 0.185. The van der Waals surface area contributed by atoms with Crippen molar-refractivity contribution in [3.63, 3.8) is 0 Å². The summed E-state index contributed by atoms with van der Waals surface area (Å²) in [6.07, 6.45) is 0.832. The first-order valence-electron chi connectivity index (χ1n) is 10.7. The predicted octanol–water partition coefficient (Wildman–Crippen LogP) is 5.30. The Hall–Kier alpha value is -3.37. The molecule has 0 N–H and O–H groups in total. The quantitative estimate of drug-likeness (QED) is 0.517. The molecule has 160 valence electrons. The summed E-state index contributed by atoms with van der Waals surface area (Å²) < 4.78 is 0. The molecule has 2 amide bonds. The SMILES string of the molecule is Cc1ccc(C2=C(N3CCc4ccccc4C3)C(=O)N(c3cccc(Cl)c3C)C2=O)cc1. The Balaban J connectivity index is 1.64. The smallest absolute Gasteiger partial charge is 0.282 e. The van der Waals surface area contributed by atoms with Crippen molar-refractivity contribution in [1.82, 2.24) is 4.90 Å². The van der Waals surface area contributed by atoms with E-state index in [0.717, 1.165) is 17.5 Å². The largest absolute Gasteiger partial charge is 0.362 e. The van der Waals surface area contributed by atoms with Crippen molar-refractivity contribution in [2.75, 3.05) is 11.4 Å². The van der Waals surface area contributed by atoms with E-state index in [1.54, 1.807) is 18.2 Å². The highest BCUT2D eigenvalue weighted by atomic mass is 35.5. The number of amides is 2. The number of aryl methyl sites for hydroxylation is 1. The molecule has 0 saturated carbocycles. The summed E-state index contributed by atoms with van der Waals surface area (Å²) in [6.45, 7) is 5.12. The zero-order valence-corrected chi connectivity index (χ0v) is 18.8. The first-order valence-corrected chi connectivity index (χ1v) is 11.1. The van der Waals surface area contributed by atoms with Gasteiger partial charge in [0, 0.05) is 18.1 Å². The number of rotatable bonds is 3. The molecular formula is C27H23ClN2O2. The molecule has 3 aromatic rings. The standard InChI is InChI=1S/C27H23ClN2O2/c1-17-10-12-20(13-11-17)24-25(29-15-14-19-6-3-4-7-21(19)16-29)27(32)30(26(24)31)23-9-5-8-22(28)18(23)2/h3-13H,14-16H2,1-2H3. The van der Waals surface area contributed by atoms with E-state index >= 15 is 0 Å². The Kier molecular flexibility index (Phi) is 5.10. The average Bonchev–Trinajstić information content (AvgIpc) is 3.06. The van der Waals surface area contributed by atoms with E-state index in [-0.39, 0.29) is 11.8 Å². The van der Waals surface area contributed by atoms with Gasteiger partial charge < -0.3 is 4.90 Å². The number of carbonyl (C=O) groups excluding carboxylic acids is 2. The molecule has 2 aliphatic heterocycles. The molecule has 2 heterocycles. The molecule has 0 unspecified atom stereocenters. The van der Waals surface area contributed by atoms with Crippen LogP contribution in [0.5, 0.6) is 0 Å². The van der Waals surface area contributed by atoms with Crippen LogP contribution in [0, 0.1) is 13.8 Å². The molecular weight excluding hydrogens is 420 g/mol. The first kappa shape index (κ1) is 20.5. The highest BCUT2D eigenvalue weighted by molar-refractivity contribution is 6.46. The van der Waals surface area contributed by atoms with Crippen molar-refractivity contribution in [2.45, 2.75) is 26.8 Å². The third-order valence-corrected chi connectivity index (χ3v) is 6.74. The summed E-state index contributed by atoms with van der Waals surface area (Å²) in [5.74, 6) is -0.603. The third-order valence-electron chi connectivity index (χ3n) is 6.33. The van der Waals surface area contributed by atoms with Crippen LogP contribution < -0.4 is 4.90 Å². The number of halogens is 1. The van der Waals surface area contributed by atoms with Crippen molar-refractivity contribution in [3.05, 3.63) is 105 Å². The number of carbonyl (C=O) groups is 2. The molecule has 2 aliphatic rings.